The number of amides is 1. The largest absolute Gasteiger partial charge is 0.497 e. The Morgan fingerprint density at radius 1 is 1.03 bits per heavy atom. The molecule has 0 bridgehead atoms. The van der Waals surface area contributed by atoms with E-state index in [1.807, 2.05) is 72.8 Å². The minimum Gasteiger partial charge on any atom is -0.497 e. The fraction of sp³-hybridized carbons (Fsp3) is 0.138. The molecule has 1 N–H and O–H groups in total. The van der Waals surface area contributed by atoms with Crippen LogP contribution in [0.1, 0.15) is 24.1 Å². The van der Waals surface area contributed by atoms with E-state index in [0.717, 1.165) is 20.1 Å². The minimum atomic E-state index is -0.698. The van der Waals surface area contributed by atoms with Crippen LogP contribution >= 0.6 is 43.2 Å². The average molecular weight is 669 g/mol. The summed E-state index contributed by atoms with van der Waals surface area (Å²) in [5, 5.41) is 2.96. The number of aromatic nitrogens is 1. The summed E-state index contributed by atoms with van der Waals surface area (Å²) in [5.74, 6) is 0.962. The molecular weight excluding hydrogens is 646 g/mol. The monoisotopic (exact) mass is 667 g/mol. The number of nitrogens with one attached hydrogen (secondary N) is 1. The van der Waals surface area contributed by atoms with Gasteiger partial charge in [-0.25, -0.2) is 4.99 Å². The van der Waals surface area contributed by atoms with Gasteiger partial charge in [-0.15, -0.1) is 0 Å². The predicted octanol–water partition coefficient (Wildman–Crippen LogP) is 5.42. The van der Waals surface area contributed by atoms with Crippen molar-refractivity contribution in [3.63, 3.8) is 0 Å². The van der Waals surface area contributed by atoms with Gasteiger partial charge in [-0.05, 0) is 92.4 Å². The van der Waals surface area contributed by atoms with Crippen LogP contribution < -0.4 is 29.7 Å². The SMILES string of the molecule is COc1cccc([C@H]2C(C(=O)Nc3ccccc3)=C(C)N=c3s/c(=C\c4cc(Br)c(OC)c(Br)c4)c(=O)n32)c1. The Bertz CT molecular complexity index is 1770. The van der Waals surface area contributed by atoms with Gasteiger partial charge in [0, 0.05) is 5.69 Å². The van der Waals surface area contributed by atoms with Gasteiger partial charge in [0.1, 0.15) is 11.5 Å². The maximum Gasteiger partial charge on any atom is 0.271 e. The van der Waals surface area contributed by atoms with Gasteiger partial charge in [-0.3, -0.25) is 14.2 Å². The van der Waals surface area contributed by atoms with Crippen LogP contribution in [0.4, 0.5) is 5.69 Å². The molecule has 0 fully saturated rings. The van der Waals surface area contributed by atoms with Gasteiger partial charge in [0.25, 0.3) is 11.5 Å². The van der Waals surface area contributed by atoms with E-state index in [2.05, 4.69) is 37.2 Å². The van der Waals surface area contributed by atoms with Gasteiger partial charge < -0.3 is 14.8 Å². The fourth-order valence-corrected chi connectivity index (χ4v) is 7.06. The molecule has 1 atom stereocenters. The number of para-hydroxylation sites is 1. The van der Waals surface area contributed by atoms with Gasteiger partial charge in [0.05, 0.1) is 45.0 Å². The number of methoxy groups -OCH3 is 2. The summed E-state index contributed by atoms with van der Waals surface area (Å²) in [6.45, 7) is 1.79. The van der Waals surface area contributed by atoms with Crippen LogP contribution in [-0.4, -0.2) is 24.7 Å². The van der Waals surface area contributed by atoms with Crippen molar-refractivity contribution >= 4 is 60.9 Å². The van der Waals surface area contributed by atoms with E-state index in [4.69, 9.17) is 14.5 Å². The summed E-state index contributed by atoms with van der Waals surface area (Å²) >= 11 is 8.32. The van der Waals surface area contributed by atoms with Crippen molar-refractivity contribution in [1.82, 2.24) is 4.57 Å². The van der Waals surface area contributed by atoms with E-state index < -0.39 is 6.04 Å². The maximum atomic E-state index is 13.9. The lowest BCUT2D eigenvalue weighted by Crippen LogP contribution is -2.40. The Labute approximate surface area is 245 Å². The van der Waals surface area contributed by atoms with Gasteiger partial charge in [0.15, 0.2) is 4.80 Å². The minimum absolute atomic E-state index is 0.243. The van der Waals surface area contributed by atoms with E-state index in [0.29, 0.717) is 37.8 Å². The van der Waals surface area contributed by atoms with E-state index in [1.165, 1.54) is 11.3 Å². The standard InChI is InChI=1S/C29H23Br2N3O4S/c1-16-24(27(35)33-19-9-5-4-6-10-19)25(18-8-7-11-20(15-18)37-2)34-28(36)23(39-29(34)32-16)14-17-12-21(30)26(38-3)22(31)13-17/h4-15,25H,1-3H3,(H,33,35)/b23-14-/t25-/m0/s1. The molecule has 1 aliphatic rings. The number of halogens is 2. The number of ether oxygens (including phenoxy) is 2. The second kappa shape index (κ2) is 11.3. The number of hydrogen-bond donors (Lipinski definition) is 1. The lowest BCUT2D eigenvalue weighted by atomic mass is 9.95. The highest BCUT2D eigenvalue weighted by molar-refractivity contribution is 9.11. The fourth-order valence-electron chi connectivity index (χ4n) is 4.47. The summed E-state index contributed by atoms with van der Waals surface area (Å²) in [6, 6.07) is 19.7. The first-order chi connectivity index (χ1) is 18.8. The molecule has 4 aromatic rings. The van der Waals surface area contributed by atoms with Gasteiger partial charge in [0.2, 0.25) is 0 Å². The molecule has 1 amide bonds. The zero-order chi connectivity index (χ0) is 27.7. The zero-order valence-corrected chi connectivity index (χ0v) is 25.2. The Kier molecular flexibility index (Phi) is 7.88. The molecule has 1 aromatic heterocycles. The molecule has 3 aromatic carbocycles. The van der Waals surface area contributed by atoms with Crippen LogP contribution in [0, 0.1) is 0 Å². The van der Waals surface area contributed by atoms with E-state index in [9.17, 15) is 9.59 Å². The molecule has 0 saturated heterocycles. The molecule has 0 radical (unpaired) electrons. The number of hydrogen-bond acceptors (Lipinski definition) is 6. The molecule has 7 nitrogen and oxygen atoms in total. The molecule has 198 valence electrons. The number of carbonyl (C=O) groups excluding carboxylic acids is 1. The summed E-state index contributed by atoms with van der Waals surface area (Å²) in [4.78, 5) is 32.8. The lowest BCUT2D eigenvalue weighted by molar-refractivity contribution is -0.113. The highest BCUT2D eigenvalue weighted by atomic mass is 79.9. The maximum absolute atomic E-state index is 13.9. The van der Waals surface area contributed by atoms with Gasteiger partial charge in [-0.2, -0.15) is 0 Å². The Balaban J connectivity index is 1.69. The number of anilines is 1. The van der Waals surface area contributed by atoms with Crippen molar-refractivity contribution < 1.29 is 14.3 Å². The number of nitrogens with zero attached hydrogens (tertiary/aromatic N) is 2. The molecule has 5 rings (SSSR count). The lowest BCUT2D eigenvalue weighted by Gasteiger charge is -2.25. The summed E-state index contributed by atoms with van der Waals surface area (Å²) < 4.78 is 14.4. The van der Waals surface area contributed by atoms with Crippen molar-refractivity contribution in [3.8, 4) is 11.5 Å². The van der Waals surface area contributed by atoms with Gasteiger partial charge in [-0.1, -0.05) is 41.7 Å². The second-order valence-electron chi connectivity index (χ2n) is 8.70. The second-order valence-corrected chi connectivity index (χ2v) is 11.4. The molecule has 0 saturated carbocycles. The van der Waals surface area contributed by atoms with Crippen LogP contribution in [-0.2, 0) is 4.79 Å². The molecule has 0 spiro atoms. The zero-order valence-electron chi connectivity index (χ0n) is 21.2. The third-order valence-electron chi connectivity index (χ3n) is 6.23. The molecule has 39 heavy (non-hydrogen) atoms. The van der Waals surface area contributed by atoms with Crippen molar-refractivity contribution in [1.29, 1.82) is 0 Å². The van der Waals surface area contributed by atoms with Crippen LogP contribution in [0.25, 0.3) is 6.08 Å². The quantitative estimate of drug-likeness (QED) is 0.298. The van der Waals surface area contributed by atoms with Crippen molar-refractivity contribution in [2.75, 3.05) is 19.5 Å². The smallest absolute Gasteiger partial charge is 0.271 e. The number of allylic oxidation sites excluding steroid dienone is 1. The number of carbonyl (C=O) groups is 1. The number of fused-ring (bicyclic) bond motifs is 1. The first kappa shape index (κ1) is 27.1. The Morgan fingerprint density at radius 3 is 2.41 bits per heavy atom. The van der Waals surface area contributed by atoms with Crippen molar-refractivity contribution in [3.05, 3.63) is 118 Å². The van der Waals surface area contributed by atoms with Crippen LogP contribution in [0.5, 0.6) is 11.5 Å². The molecule has 0 unspecified atom stereocenters. The summed E-state index contributed by atoms with van der Waals surface area (Å²) in [6.07, 6.45) is 1.81. The van der Waals surface area contributed by atoms with E-state index >= 15 is 0 Å². The molecular formula is C29H23Br2N3O4S. The molecule has 0 aliphatic carbocycles. The van der Waals surface area contributed by atoms with Crippen molar-refractivity contribution in [2.24, 2.45) is 4.99 Å². The number of rotatable bonds is 6. The van der Waals surface area contributed by atoms with Crippen LogP contribution in [0.15, 0.2) is 96.7 Å². The topological polar surface area (TPSA) is 81.9 Å². The average Bonchev–Trinajstić information content (AvgIpc) is 3.22. The van der Waals surface area contributed by atoms with Gasteiger partial charge >= 0.3 is 0 Å². The number of benzene rings is 3. The summed E-state index contributed by atoms with van der Waals surface area (Å²) in [7, 11) is 3.18. The normalized spacial score (nSPS) is 15.0. The van der Waals surface area contributed by atoms with Crippen molar-refractivity contribution in [2.45, 2.75) is 13.0 Å². The first-order valence-corrected chi connectivity index (χ1v) is 14.3. The highest BCUT2D eigenvalue weighted by Crippen LogP contribution is 2.35. The third kappa shape index (κ3) is 5.36. The molecule has 10 heteroatoms. The summed E-state index contributed by atoms with van der Waals surface area (Å²) in [5.41, 5.74) is 2.88. The van der Waals surface area contributed by atoms with E-state index in [1.54, 1.807) is 25.7 Å². The first-order valence-electron chi connectivity index (χ1n) is 11.9. The Morgan fingerprint density at radius 2 is 1.74 bits per heavy atom. The van der Waals surface area contributed by atoms with Crippen LogP contribution in [0.2, 0.25) is 0 Å². The molecule has 2 heterocycles. The third-order valence-corrected chi connectivity index (χ3v) is 8.39. The molecule has 1 aliphatic heterocycles. The number of thiazole rings is 1. The van der Waals surface area contributed by atoms with E-state index in [-0.39, 0.29) is 11.5 Å². The Hall–Kier alpha value is -3.47. The highest BCUT2D eigenvalue weighted by Gasteiger charge is 2.32. The van der Waals surface area contributed by atoms with Crippen LogP contribution in [0.3, 0.4) is 0 Å². The predicted molar refractivity (Wildman–Crippen MR) is 160 cm³/mol.